The van der Waals surface area contributed by atoms with Crippen molar-refractivity contribution in [3.8, 4) is 0 Å². The highest BCUT2D eigenvalue weighted by Gasteiger charge is 2.20. The van der Waals surface area contributed by atoms with Gasteiger partial charge in [-0.25, -0.2) is 0 Å². The van der Waals surface area contributed by atoms with Crippen LogP contribution in [0.4, 0.5) is 0 Å². The maximum atomic E-state index is 11.1. The third-order valence-corrected chi connectivity index (χ3v) is 3.00. The van der Waals surface area contributed by atoms with E-state index in [1.54, 1.807) is 0 Å². The lowest BCUT2D eigenvalue weighted by atomic mass is 9.85. The molecule has 0 aliphatic carbocycles. The minimum absolute atomic E-state index is 0.0237. The van der Waals surface area contributed by atoms with Gasteiger partial charge >= 0.3 is 0 Å². The van der Waals surface area contributed by atoms with Gasteiger partial charge in [-0.15, -0.1) is 0 Å². The lowest BCUT2D eigenvalue weighted by Crippen LogP contribution is -2.27. The third-order valence-electron chi connectivity index (χ3n) is 3.00. The normalized spacial score (nSPS) is 15.4. The summed E-state index contributed by atoms with van der Waals surface area (Å²) < 4.78 is 0. The topological polar surface area (TPSA) is 43.1 Å². The van der Waals surface area contributed by atoms with Crippen LogP contribution in [-0.2, 0) is 4.79 Å². The maximum Gasteiger partial charge on any atom is 0.220 e. The van der Waals surface area contributed by atoms with Gasteiger partial charge in [-0.2, -0.15) is 0 Å². The molecule has 2 nitrogen and oxygen atoms in total. The Bertz CT molecular complexity index is 199. The van der Waals surface area contributed by atoms with Gasteiger partial charge < -0.3 is 5.73 Å². The molecule has 0 heterocycles. The first-order chi connectivity index (χ1) is 7.13. The van der Waals surface area contributed by atoms with Crippen LogP contribution in [0.3, 0.4) is 0 Å². The number of hydrogen-bond acceptors (Lipinski definition) is 1. The van der Waals surface area contributed by atoms with Crippen LogP contribution >= 0.6 is 0 Å². The molecule has 0 fully saturated rings. The molecule has 0 aliphatic rings. The minimum atomic E-state index is -0.153. The van der Waals surface area contributed by atoms with Crippen LogP contribution in [-0.4, -0.2) is 5.91 Å². The van der Waals surface area contributed by atoms with Crippen molar-refractivity contribution in [2.45, 2.75) is 52.9 Å². The van der Waals surface area contributed by atoms with Crippen LogP contribution in [0.5, 0.6) is 0 Å². The highest BCUT2D eigenvalue weighted by atomic mass is 16.1. The van der Waals surface area contributed by atoms with E-state index in [9.17, 15) is 4.79 Å². The van der Waals surface area contributed by atoms with Crippen molar-refractivity contribution in [1.29, 1.82) is 0 Å². The fraction of sp³-hybridized carbons (Fsp3) is 0.769. The van der Waals surface area contributed by atoms with Gasteiger partial charge in [0.05, 0.1) is 0 Å². The minimum Gasteiger partial charge on any atom is -0.369 e. The molecule has 15 heavy (non-hydrogen) atoms. The van der Waals surface area contributed by atoms with Gasteiger partial charge in [-0.3, -0.25) is 4.79 Å². The summed E-state index contributed by atoms with van der Waals surface area (Å²) in [5, 5.41) is 0. The van der Waals surface area contributed by atoms with Crippen molar-refractivity contribution >= 4 is 5.91 Å². The first kappa shape index (κ1) is 14.2. The van der Waals surface area contributed by atoms with Crippen molar-refractivity contribution in [3.63, 3.8) is 0 Å². The van der Waals surface area contributed by atoms with E-state index in [0.29, 0.717) is 5.92 Å². The predicted molar refractivity (Wildman–Crippen MR) is 65.4 cm³/mol. The average Bonchev–Trinajstić information content (AvgIpc) is 2.21. The zero-order valence-electron chi connectivity index (χ0n) is 10.3. The summed E-state index contributed by atoms with van der Waals surface area (Å²) in [7, 11) is 0. The Balaban J connectivity index is 3.97. The molecule has 2 atom stereocenters. The number of allylic oxidation sites excluding steroid dienone is 2. The molecule has 0 spiro atoms. The second-order valence-corrected chi connectivity index (χ2v) is 4.24. The number of carbonyl (C=O) groups is 1. The molecular formula is C13H25NO. The molecule has 0 saturated carbocycles. The molecule has 2 unspecified atom stereocenters. The molecule has 0 aliphatic heterocycles. The quantitative estimate of drug-likeness (QED) is 0.486. The lowest BCUT2D eigenvalue weighted by molar-refractivity contribution is -0.123. The van der Waals surface area contributed by atoms with Crippen molar-refractivity contribution in [2.75, 3.05) is 0 Å². The zero-order valence-corrected chi connectivity index (χ0v) is 10.3. The summed E-state index contributed by atoms with van der Waals surface area (Å²) in [5.41, 5.74) is 5.34. The molecule has 0 saturated heterocycles. The monoisotopic (exact) mass is 211 g/mol. The Morgan fingerprint density at radius 2 is 2.07 bits per heavy atom. The Morgan fingerprint density at radius 1 is 1.40 bits per heavy atom. The fourth-order valence-corrected chi connectivity index (χ4v) is 1.91. The second kappa shape index (κ2) is 8.51. The zero-order chi connectivity index (χ0) is 11.7. The highest BCUT2D eigenvalue weighted by Crippen LogP contribution is 2.23. The molecule has 2 N–H and O–H groups in total. The Hall–Kier alpha value is -0.790. The van der Waals surface area contributed by atoms with Crippen LogP contribution in [0.15, 0.2) is 12.2 Å². The number of hydrogen-bond donors (Lipinski definition) is 1. The smallest absolute Gasteiger partial charge is 0.220 e. The summed E-state index contributed by atoms with van der Waals surface area (Å²) in [6, 6.07) is 0. The van der Waals surface area contributed by atoms with E-state index in [-0.39, 0.29) is 11.8 Å². The number of carbonyl (C=O) groups excluding carboxylic acids is 1. The molecule has 0 aromatic heterocycles. The van der Waals surface area contributed by atoms with E-state index in [0.717, 1.165) is 32.1 Å². The van der Waals surface area contributed by atoms with E-state index >= 15 is 0 Å². The Kier molecular flexibility index (Phi) is 8.06. The van der Waals surface area contributed by atoms with E-state index in [2.05, 4.69) is 19.1 Å². The van der Waals surface area contributed by atoms with Crippen LogP contribution < -0.4 is 5.73 Å². The first-order valence-electron chi connectivity index (χ1n) is 6.03. The van der Waals surface area contributed by atoms with E-state index in [1.165, 1.54) is 0 Å². The van der Waals surface area contributed by atoms with Crippen LogP contribution in [0.25, 0.3) is 0 Å². The Labute approximate surface area is 93.9 Å². The van der Waals surface area contributed by atoms with Crippen LogP contribution in [0, 0.1) is 11.8 Å². The van der Waals surface area contributed by atoms with Crippen LogP contribution in [0.1, 0.15) is 52.9 Å². The molecule has 1 amide bonds. The summed E-state index contributed by atoms with van der Waals surface area (Å²) >= 11 is 0. The highest BCUT2D eigenvalue weighted by molar-refractivity contribution is 5.76. The molecule has 0 bridgehead atoms. The van der Waals surface area contributed by atoms with Crippen LogP contribution in [0.2, 0.25) is 0 Å². The van der Waals surface area contributed by atoms with Gasteiger partial charge in [0.1, 0.15) is 0 Å². The summed E-state index contributed by atoms with van der Waals surface area (Å²) in [6.07, 6.45) is 9.88. The first-order valence-corrected chi connectivity index (χ1v) is 6.03. The molecule has 0 aromatic carbocycles. The lowest BCUT2D eigenvalue weighted by Gasteiger charge is -2.20. The fourth-order valence-electron chi connectivity index (χ4n) is 1.91. The molecule has 0 aromatic rings. The largest absolute Gasteiger partial charge is 0.369 e. The van der Waals surface area contributed by atoms with E-state index in [4.69, 9.17) is 5.73 Å². The third kappa shape index (κ3) is 6.32. The van der Waals surface area contributed by atoms with Gasteiger partial charge in [0.2, 0.25) is 5.91 Å². The molecule has 88 valence electrons. The van der Waals surface area contributed by atoms with Crippen molar-refractivity contribution < 1.29 is 4.79 Å². The van der Waals surface area contributed by atoms with Gasteiger partial charge in [-0.05, 0) is 38.5 Å². The summed E-state index contributed by atoms with van der Waals surface area (Å²) in [6.45, 7) is 6.15. The van der Waals surface area contributed by atoms with E-state index in [1.807, 2.05) is 13.8 Å². The number of nitrogens with two attached hydrogens (primary N) is 1. The van der Waals surface area contributed by atoms with Crippen molar-refractivity contribution in [2.24, 2.45) is 17.6 Å². The maximum absolute atomic E-state index is 11.1. The molecule has 0 rings (SSSR count). The predicted octanol–water partition coefficient (Wildman–Crippen LogP) is 3.27. The standard InChI is InChI=1S/C13H25NO/c1-4-6-7-8-10-12(9-5-2)11(3)13(14)15/h4,6,11-12H,5,7-10H2,1-3H3,(H2,14,15)/b6-4+. The van der Waals surface area contributed by atoms with Gasteiger partial charge in [0.25, 0.3) is 0 Å². The molecular weight excluding hydrogens is 186 g/mol. The number of amides is 1. The van der Waals surface area contributed by atoms with Crippen molar-refractivity contribution in [1.82, 2.24) is 0 Å². The molecule has 2 heteroatoms. The number of rotatable bonds is 8. The van der Waals surface area contributed by atoms with Crippen molar-refractivity contribution in [3.05, 3.63) is 12.2 Å². The summed E-state index contributed by atoms with van der Waals surface area (Å²) in [4.78, 5) is 11.1. The number of primary amides is 1. The second-order valence-electron chi connectivity index (χ2n) is 4.24. The summed E-state index contributed by atoms with van der Waals surface area (Å²) in [5.74, 6) is 0.341. The SMILES string of the molecule is C/C=C/CCCC(CCC)C(C)C(N)=O. The van der Waals surface area contributed by atoms with E-state index < -0.39 is 0 Å². The molecule has 0 radical (unpaired) electrons. The van der Waals surface area contributed by atoms with Gasteiger partial charge in [-0.1, -0.05) is 32.4 Å². The van der Waals surface area contributed by atoms with Gasteiger partial charge in [0.15, 0.2) is 0 Å². The van der Waals surface area contributed by atoms with Gasteiger partial charge in [0, 0.05) is 5.92 Å². The number of unbranched alkanes of at least 4 members (excludes halogenated alkanes) is 1. The average molecular weight is 211 g/mol. The Morgan fingerprint density at radius 3 is 2.53 bits per heavy atom.